The lowest BCUT2D eigenvalue weighted by atomic mass is 10.0. The van der Waals surface area contributed by atoms with Gasteiger partial charge in [-0.25, -0.2) is 0 Å². The molecule has 2 aliphatic heterocycles. The largest absolute Gasteiger partial charge is 0.455 e. The van der Waals surface area contributed by atoms with Crippen LogP contribution in [0.3, 0.4) is 0 Å². The Morgan fingerprint density at radius 1 is 0.889 bits per heavy atom. The second-order valence-electron chi connectivity index (χ2n) is 3.71. The molecule has 0 N–H and O–H groups in total. The topological polar surface area (TPSA) is 60.7 Å². The van der Waals surface area contributed by atoms with E-state index < -0.39 is 12.6 Å². The van der Waals surface area contributed by atoms with Crippen LogP contribution in [0.15, 0.2) is 43.2 Å². The molecular formula is C13H9NO4. The molecule has 0 saturated carbocycles. The van der Waals surface area contributed by atoms with E-state index in [9.17, 15) is 0 Å². The van der Waals surface area contributed by atoms with Gasteiger partial charge in [-0.1, -0.05) is 6.07 Å². The first-order valence-electron chi connectivity index (χ1n) is 5.34. The Bertz CT molecular complexity index is 543. The van der Waals surface area contributed by atoms with Crippen molar-refractivity contribution in [2.24, 2.45) is 0 Å². The van der Waals surface area contributed by atoms with Crippen LogP contribution in [0.25, 0.3) is 0 Å². The van der Waals surface area contributed by atoms with Crippen molar-refractivity contribution in [3.05, 3.63) is 59.9 Å². The third-order valence-electron chi connectivity index (χ3n) is 2.64. The van der Waals surface area contributed by atoms with Crippen LogP contribution in [0.5, 0.6) is 0 Å². The Hall–Kier alpha value is -2.61. The molecule has 0 spiro atoms. The summed E-state index contributed by atoms with van der Waals surface area (Å²) in [6.07, 6.45) is 4.79. The minimum atomic E-state index is -0.558. The highest BCUT2D eigenvalue weighted by atomic mass is 16.7. The van der Waals surface area contributed by atoms with Crippen molar-refractivity contribution < 1.29 is 18.9 Å². The van der Waals surface area contributed by atoms with E-state index in [0.717, 1.165) is 5.56 Å². The zero-order valence-corrected chi connectivity index (χ0v) is 9.28. The zero-order valence-electron chi connectivity index (χ0n) is 9.28. The molecule has 0 bridgehead atoms. The predicted molar refractivity (Wildman–Crippen MR) is 59.3 cm³/mol. The summed E-state index contributed by atoms with van der Waals surface area (Å²) in [5.41, 5.74) is 1.92. The minimum Gasteiger partial charge on any atom is -0.455 e. The molecule has 5 heteroatoms. The third-order valence-corrected chi connectivity index (χ3v) is 2.64. The van der Waals surface area contributed by atoms with Gasteiger partial charge in [-0.15, -0.1) is 0 Å². The van der Waals surface area contributed by atoms with Gasteiger partial charge in [0.1, 0.15) is 25.0 Å². The summed E-state index contributed by atoms with van der Waals surface area (Å²) in [7, 11) is 0. The highest BCUT2D eigenvalue weighted by Crippen LogP contribution is 2.31. The average molecular weight is 243 g/mol. The molecule has 18 heavy (non-hydrogen) atoms. The van der Waals surface area contributed by atoms with Crippen LogP contribution in [0.2, 0.25) is 0 Å². The first kappa shape index (κ1) is 10.5. The summed E-state index contributed by atoms with van der Waals surface area (Å²) in [4.78, 5) is 0. The van der Waals surface area contributed by atoms with Crippen LogP contribution >= 0.6 is 0 Å². The monoisotopic (exact) mass is 243 g/mol. The molecule has 2 heterocycles. The number of nitriles is 1. The van der Waals surface area contributed by atoms with E-state index >= 15 is 0 Å². The van der Waals surface area contributed by atoms with Gasteiger partial charge in [-0.2, -0.15) is 5.26 Å². The van der Waals surface area contributed by atoms with Gasteiger partial charge >= 0.3 is 0 Å². The van der Waals surface area contributed by atoms with Gasteiger partial charge < -0.3 is 18.9 Å². The maximum Gasteiger partial charge on any atom is 0.267 e. The van der Waals surface area contributed by atoms with E-state index in [-0.39, 0.29) is 0 Å². The highest BCUT2D eigenvalue weighted by Gasteiger charge is 2.22. The van der Waals surface area contributed by atoms with Crippen molar-refractivity contribution in [1.82, 2.24) is 0 Å². The predicted octanol–water partition coefficient (Wildman–Crippen LogP) is 2.59. The van der Waals surface area contributed by atoms with Gasteiger partial charge in [-0.05, 0) is 12.1 Å². The average Bonchev–Trinajstić information content (AvgIpc) is 3.11. The van der Waals surface area contributed by atoms with Gasteiger partial charge in [0.2, 0.25) is 0 Å². The highest BCUT2D eigenvalue weighted by molar-refractivity contribution is 5.42. The van der Waals surface area contributed by atoms with Gasteiger partial charge in [0.05, 0.1) is 17.2 Å². The van der Waals surface area contributed by atoms with Gasteiger partial charge in [0.15, 0.2) is 0 Å². The summed E-state index contributed by atoms with van der Waals surface area (Å²) >= 11 is 0. The summed E-state index contributed by atoms with van der Waals surface area (Å²) in [5.74, 6) is 0. The number of ether oxygens (including phenoxy) is 4. The number of benzene rings is 1. The third kappa shape index (κ3) is 1.74. The van der Waals surface area contributed by atoms with Crippen molar-refractivity contribution in [2.45, 2.75) is 12.6 Å². The summed E-state index contributed by atoms with van der Waals surface area (Å²) in [6, 6.07) is 7.42. The number of hydrogen-bond donors (Lipinski definition) is 0. The fourth-order valence-corrected chi connectivity index (χ4v) is 1.80. The van der Waals surface area contributed by atoms with Crippen LogP contribution in [0.1, 0.15) is 29.3 Å². The van der Waals surface area contributed by atoms with Crippen molar-refractivity contribution in [2.75, 3.05) is 0 Å². The molecule has 0 atom stereocenters. The van der Waals surface area contributed by atoms with Crippen LogP contribution in [0.4, 0.5) is 0 Å². The lowest BCUT2D eigenvalue weighted by Gasteiger charge is -2.15. The molecule has 3 rings (SSSR count). The second kappa shape index (κ2) is 4.34. The lowest BCUT2D eigenvalue weighted by molar-refractivity contribution is -0.0276. The van der Waals surface area contributed by atoms with E-state index in [4.69, 9.17) is 24.2 Å². The summed E-state index contributed by atoms with van der Waals surface area (Å²) < 4.78 is 20.9. The Kier molecular flexibility index (Phi) is 2.54. The fourth-order valence-electron chi connectivity index (χ4n) is 1.80. The number of nitrogens with zero attached hydrogens (tertiary/aromatic N) is 1. The maximum atomic E-state index is 9.17. The number of hydrogen-bond acceptors (Lipinski definition) is 5. The molecule has 2 aliphatic rings. The summed E-state index contributed by atoms with van der Waals surface area (Å²) in [5, 5.41) is 9.17. The maximum absolute atomic E-state index is 9.17. The molecule has 0 aliphatic carbocycles. The van der Waals surface area contributed by atoms with Gasteiger partial charge in [0, 0.05) is 5.56 Å². The van der Waals surface area contributed by atoms with Crippen molar-refractivity contribution in [1.29, 1.82) is 5.26 Å². The molecule has 0 unspecified atom stereocenters. The molecule has 90 valence electrons. The van der Waals surface area contributed by atoms with Crippen molar-refractivity contribution in [3.8, 4) is 6.07 Å². The molecule has 0 aromatic heterocycles. The molecular weight excluding hydrogens is 234 g/mol. The Labute approximate surface area is 103 Å². The Morgan fingerprint density at radius 2 is 1.50 bits per heavy atom. The van der Waals surface area contributed by atoms with Crippen molar-refractivity contribution in [3.63, 3.8) is 0 Å². The van der Waals surface area contributed by atoms with E-state index in [1.54, 1.807) is 12.1 Å². The van der Waals surface area contributed by atoms with Gasteiger partial charge in [0.25, 0.3) is 12.6 Å². The van der Waals surface area contributed by atoms with E-state index in [1.165, 1.54) is 25.0 Å². The molecule has 0 fully saturated rings. The first-order chi connectivity index (χ1) is 8.88. The summed E-state index contributed by atoms with van der Waals surface area (Å²) in [6.45, 7) is 0. The SMILES string of the molecule is N#Cc1cc(C2OC=CO2)ccc1C1OC=CO1. The molecule has 1 aromatic rings. The molecule has 0 amide bonds. The molecule has 5 nitrogen and oxygen atoms in total. The Balaban J connectivity index is 1.90. The molecule has 0 saturated heterocycles. The lowest BCUT2D eigenvalue weighted by Crippen LogP contribution is -2.04. The quantitative estimate of drug-likeness (QED) is 0.798. The van der Waals surface area contributed by atoms with E-state index in [2.05, 4.69) is 6.07 Å². The normalized spacial score (nSPS) is 17.7. The molecule has 0 radical (unpaired) electrons. The van der Waals surface area contributed by atoms with Crippen LogP contribution in [-0.4, -0.2) is 0 Å². The number of rotatable bonds is 2. The second-order valence-corrected chi connectivity index (χ2v) is 3.71. The first-order valence-corrected chi connectivity index (χ1v) is 5.34. The van der Waals surface area contributed by atoms with Crippen LogP contribution < -0.4 is 0 Å². The minimum absolute atomic E-state index is 0.472. The van der Waals surface area contributed by atoms with Crippen LogP contribution in [0, 0.1) is 11.3 Å². The van der Waals surface area contributed by atoms with E-state index in [0.29, 0.717) is 11.1 Å². The van der Waals surface area contributed by atoms with E-state index in [1.807, 2.05) is 6.07 Å². The van der Waals surface area contributed by atoms with Crippen LogP contribution in [-0.2, 0) is 18.9 Å². The van der Waals surface area contributed by atoms with Gasteiger partial charge in [-0.3, -0.25) is 0 Å². The zero-order chi connectivity index (χ0) is 12.4. The van der Waals surface area contributed by atoms with Crippen molar-refractivity contribution >= 4 is 0 Å². The standard InChI is InChI=1S/C13H9NO4/c14-8-10-7-9(12-15-3-4-16-12)1-2-11(10)13-17-5-6-18-13/h1-7,12-13H. The molecule has 1 aromatic carbocycles. The fraction of sp³-hybridized carbons (Fsp3) is 0.154. The Morgan fingerprint density at radius 3 is 2.11 bits per heavy atom. The smallest absolute Gasteiger partial charge is 0.267 e.